The Labute approximate surface area is 560 Å². The summed E-state index contributed by atoms with van der Waals surface area (Å²) in [5.41, 5.74) is 14.8. The number of amides is 4. The second kappa shape index (κ2) is 36.6. The van der Waals surface area contributed by atoms with Crippen LogP contribution >= 0.6 is 47.8 Å². The molecule has 448 valence electrons. The number of fused-ring (bicyclic) bond motifs is 2. The molecular weight excluding hydrogens is 1320 g/mol. The number of nitrogens with zero attached hydrogens (tertiary/aromatic N) is 7. The van der Waals surface area contributed by atoms with Crippen LogP contribution in [-0.2, 0) is 52.4 Å². The molecule has 11 rings (SSSR count). The van der Waals surface area contributed by atoms with Gasteiger partial charge in [-0.15, -0.1) is 0 Å². The average Bonchev–Trinajstić information content (AvgIpc) is 3.35. The summed E-state index contributed by atoms with van der Waals surface area (Å²) in [6.45, 7) is 16.9. The van der Waals surface area contributed by atoms with Crippen molar-refractivity contribution < 1.29 is 91.8 Å². The third-order valence-electron chi connectivity index (χ3n) is 14.3. The smallest absolute Gasteiger partial charge is 1.00 e. The van der Waals surface area contributed by atoms with Crippen molar-refractivity contribution in [3.8, 4) is 11.1 Å². The number of aliphatic hydroxyl groups is 2. The van der Waals surface area contributed by atoms with Gasteiger partial charge in [-0.05, 0) is 137 Å². The summed E-state index contributed by atoms with van der Waals surface area (Å²) in [5, 5.41) is 21.2. The first-order valence-electron chi connectivity index (χ1n) is 26.8. The first kappa shape index (κ1) is 77.2. The van der Waals surface area contributed by atoms with Crippen LogP contribution in [0.3, 0.4) is 0 Å². The van der Waals surface area contributed by atoms with E-state index in [0.717, 1.165) is 77.9 Å². The van der Waals surface area contributed by atoms with Crippen molar-refractivity contribution in [1.82, 2.24) is 24.9 Å². The number of Topliss-reactive ketones (excluding diaryl/α,β-unsaturated/α-hetero) is 1. The van der Waals surface area contributed by atoms with Gasteiger partial charge in [0.15, 0.2) is 0 Å². The number of rotatable bonds is 4. The Balaban J connectivity index is 0.000000375. The van der Waals surface area contributed by atoms with Crippen molar-refractivity contribution in [2.75, 3.05) is 62.5 Å². The molecule has 6 N–H and O–H groups in total. The summed E-state index contributed by atoms with van der Waals surface area (Å²) in [6.07, 6.45) is 23.0. The van der Waals surface area contributed by atoms with Gasteiger partial charge in [-0.25, -0.2) is 19.6 Å². The number of hydrogen-bond acceptors (Lipinski definition) is 15. The molecule has 5 aromatic rings. The van der Waals surface area contributed by atoms with Gasteiger partial charge in [-0.2, -0.15) is 13.8 Å². The monoisotopic (exact) mass is 1390 g/mol. The van der Waals surface area contributed by atoms with Gasteiger partial charge in [0.1, 0.15) is 17.4 Å². The third kappa shape index (κ3) is 22.0. The molecule has 19 nitrogen and oxygen atoms in total. The van der Waals surface area contributed by atoms with Crippen LogP contribution in [-0.4, -0.2) is 147 Å². The topological polar surface area (TPSA) is 261 Å². The van der Waals surface area contributed by atoms with Crippen LogP contribution in [0.25, 0.3) is 11.1 Å². The number of pyridine rings is 5. The Morgan fingerprint density at radius 1 is 0.583 bits per heavy atom. The van der Waals surface area contributed by atoms with E-state index in [0.29, 0.717) is 109 Å². The number of nitrogens with two attached hydrogens (primary N) is 2. The number of aryl methyl sites for hydroxylation is 2. The number of halogens is 5. The number of primary amides is 2. The SMILES string of the molecule is Brc1cncc(Br)c1.CC1(C)OB(c2cnc3c(c2)CCCN3C(N)=O)OC1(C)C.C[CH-]C.NC(=O)N1CCCc2cc(-c3cncc(C4(O)CCOCC4)c3)cnc21.O=C1CCOCC1.OC1(c2cncc(Br)c2)CCOCC1.[Cl-].[Cl-].[Li+].[Mg+2]. The van der Waals surface area contributed by atoms with E-state index in [1.807, 2.05) is 78.3 Å². The maximum absolute atomic E-state index is 11.6. The Hall–Kier alpha value is -2.87. The minimum atomic E-state index is -0.897. The van der Waals surface area contributed by atoms with Crippen LogP contribution in [0, 0.1) is 6.42 Å². The van der Waals surface area contributed by atoms with E-state index in [9.17, 15) is 24.6 Å². The normalized spacial score (nSPS) is 18.2. The molecule has 6 aliphatic heterocycles. The molecule has 0 aliphatic carbocycles. The molecule has 27 heteroatoms. The minimum Gasteiger partial charge on any atom is -1.00 e. The van der Waals surface area contributed by atoms with E-state index in [1.54, 1.807) is 49.6 Å². The molecule has 0 unspecified atom stereocenters. The van der Waals surface area contributed by atoms with Crippen molar-refractivity contribution >= 4 is 113 Å². The van der Waals surface area contributed by atoms with Gasteiger partial charge in [0, 0.05) is 169 Å². The molecule has 0 atom stereocenters. The Morgan fingerprint density at radius 3 is 1.39 bits per heavy atom. The van der Waals surface area contributed by atoms with Crippen LogP contribution in [0.5, 0.6) is 0 Å². The zero-order valence-corrected chi connectivity index (χ0v) is 56.6. The van der Waals surface area contributed by atoms with Crippen LogP contribution in [0.4, 0.5) is 21.2 Å². The first-order chi connectivity index (χ1) is 38.1. The van der Waals surface area contributed by atoms with E-state index in [1.165, 1.54) is 9.80 Å². The standard InChI is InChI=1S/C19H22N4O3.C15H22BN3O3.C10H12BrNO2.C5H3Br2N.C5H8O2.C3H7.2ClH.Li.Mg/c20-18(24)23-5-1-2-13-8-14(11-22-17(13)23)15-9-16(12-21-10-15)19(25)3-6-26-7-4-19;1-14(2)15(3,4)22-16(21-14)11-8-10-6-5-7-19(13(17)20)12(10)18-9-11;11-9-5-8(6-12-7-9)10(13)1-3-14-4-2-10;6-4-1-5(7)3-8-2-4;6-5-1-3-7-4-2-5;1-3-2;;;;/h8-12,25H,1-7H2,(H2,20,24);8-9H,5-7H2,1-4H3,(H2,17,20);5-7,13H,1-4H2;1-3H;1-4H2;3H,1-2H3;2*1H;;/q;;;;;-1;;;+1;+2/p-2. The second-order valence-electron chi connectivity index (χ2n) is 20.9. The quantitative estimate of drug-likeness (QED) is 0.135. The Bertz CT molecular complexity index is 2850. The van der Waals surface area contributed by atoms with E-state index in [-0.39, 0.29) is 77.9 Å². The van der Waals surface area contributed by atoms with Crippen molar-refractivity contribution in [2.45, 2.75) is 128 Å². The van der Waals surface area contributed by atoms with Crippen LogP contribution in [0.2, 0.25) is 0 Å². The van der Waals surface area contributed by atoms with Gasteiger partial charge < -0.3 is 76.4 Å². The summed E-state index contributed by atoms with van der Waals surface area (Å²) in [7, 11) is -0.438. The Morgan fingerprint density at radius 2 is 0.976 bits per heavy atom. The van der Waals surface area contributed by atoms with Gasteiger partial charge in [0.05, 0.1) is 35.6 Å². The molecule has 4 amide bonds. The molecular formula is C57H74BBr3Cl2LiMgN9O10. The molecule has 11 heterocycles. The van der Waals surface area contributed by atoms with Gasteiger partial charge in [-0.1, -0.05) is 6.07 Å². The van der Waals surface area contributed by atoms with Gasteiger partial charge >= 0.3 is 61.1 Å². The number of carbonyl (C=O) groups is 3. The maximum atomic E-state index is 11.6. The number of aromatic nitrogens is 5. The maximum Gasteiger partial charge on any atom is 2.00 e. The summed E-state index contributed by atoms with van der Waals surface area (Å²) >= 11 is 9.89. The predicted molar refractivity (Wildman–Crippen MR) is 324 cm³/mol. The fourth-order valence-electron chi connectivity index (χ4n) is 9.14. The second-order valence-corrected chi connectivity index (χ2v) is 23.7. The molecule has 4 fully saturated rings. The van der Waals surface area contributed by atoms with Crippen molar-refractivity contribution in [2.24, 2.45) is 11.5 Å². The minimum absolute atomic E-state index is 0. The summed E-state index contributed by atoms with van der Waals surface area (Å²) < 4.78 is 30.5. The van der Waals surface area contributed by atoms with Gasteiger partial charge in [0.2, 0.25) is 0 Å². The Kier molecular flexibility index (Phi) is 33.6. The van der Waals surface area contributed by atoms with E-state index in [2.05, 4.69) is 72.7 Å². The summed E-state index contributed by atoms with van der Waals surface area (Å²) in [4.78, 5) is 57.7. The third-order valence-corrected chi connectivity index (χ3v) is 15.6. The zero-order valence-electron chi connectivity index (χ0n) is 48.9. The fourth-order valence-corrected chi connectivity index (χ4v) is 10.5. The van der Waals surface area contributed by atoms with Crippen LogP contribution < -0.4 is 70.4 Å². The molecule has 0 aromatic carbocycles. The van der Waals surface area contributed by atoms with Crippen molar-refractivity contribution in [1.29, 1.82) is 0 Å². The van der Waals surface area contributed by atoms with Crippen LogP contribution in [0.1, 0.15) is 115 Å². The van der Waals surface area contributed by atoms with E-state index >= 15 is 0 Å². The van der Waals surface area contributed by atoms with Crippen LogP contribution in [0.15, 0.2) is 93.3 Å². The summed E-state index contributed by atoms with van der Waals surface area (Å²) in [5.74, 6) is 1.63. The van der Waals surface area contributed by atoms with Gasteiger partial charge in [0.25, 0.3) is 0 Å². The molecule has 84 heavy (non-hydrogen) atoms. The van der Waals surface area contributed by atoms with E-state index in [4.69, 9.17) is 35.0 Å². The van der Waals surface area contributed by atoms with Crippen molar-refractivity contribution in [3.63, 3.8) is 0 Å². The number of ether oxygens (including phenoxy) is 3. The average molecular weight is 1400 g/mol. The molecule has 0 saturated carbocycles. The number of carbonyl (C=O) groups excluding carboxylic acids is 3. The molecule has 0 radical (unpaired) electrons. The van der Waals surface area contributed by atoms with E-state index < -0.39 is 30.4 Å². The number of hydrogen-bond donors (Lipinski definition) is 4. The van der Waals surface area contributed by atoms with Crippen molar-refractivity contribution in [3.05, 3.63) is 122 Å². The molecule has 5 aromatic heterocycles. The largest absolute Gasteiger partial charge is 2.00 e. The molecule has 0 spiro atoms. The first-order valence-corrected chi connectivity index (χ1v) is 29.2. The zero-order chi connectivity index (χ0) is 58.1. The fraction of sp³-hybridized carbons (Fsp3) is 0.491. The molecule has 6 aliphatic rings. The van der Waals surface area contributed by atoms with Gasteiger partial charge in [-0.3, -0.25) is 29.5 Å². The summed E-state index contributed by atoms with van der Waals surface area (Å²) in [6, 6.07) is 8.93. The number of anilines is 2. The number of ketones is 1. The number of urea groups is 2. The predicted octanol–water partition coefficient (Wildman–Crippen LogP) is -0.139. The molecule has 0 bridgehead atoms. The molecule has 4 saturated heterocycles.